The summed E-state index contributed by atoms with van der Waals surface area (Å²) in [5.74, 6) is 1.43. The first-order valence-corrected chi connectivity index (χ1v) is 13.7. The summed E-state index contributed by atoms with van der Waals surface area (Å²) in [6, 6.07) is 13.5. The largest absolute Gasteiger partial charge is 0.494 e. The van der Waals surface area contributed by atoms with Gasteiger partial charge in [0.1, 0.15) is 10.8 Å². The average molecular weight is 552 g/mol. The predicted octanol–water partition coefficient (Wildman–Crippen LogP) is 2.52. The van der Waals surface area contributed by atoms with Gasteiger partial charge in [0.25, 0.3) is 0 Å². The van der Waals surface area contributed by atoms with Gasteiger partial charge in [0.15, 0.2) is 5.82 Å². The number of rotatable bonds is 8. The van der Waals surface area contributed by atoms with Crippen molar-refractivity contribution >= 4 is 53.0 Å². The van der Waals surface area contributed by atoms with Gasteiger partial charge in [-0.15, -0.1) is 0 Å². The second-order valence-electron chi connectivity index (χ2n) is 10.1. The van der Waals surface area contributed by atoms with Crippen molar-refractivity contribution in [1.29, 1.82) is 0 Å². The number of anilines is 5. The number of halogens is 1. The number of hydrogen-bond donors (Lipinski definition) is 4. The molecule has 10 nitrogen and oxygen atoms in total. The van der Waals surface area contributed by atoms with Gasteiger partial charge < -0.3 is 35.2 Å². The molecule has 2 aliphatic rings. The third kappa shape index (κ3) is 6.74. The molecule has 2 saturated heterocycles. The second-order valence-corrected chi connectivity index (χ2v) is 10.5. The van der Waals surface area contributed by atoms with Gasteiger partial charge in [0.2, 0.25) is 5.95 Å². The van der Waals surface area contributed by atoms with Crippen LogP contribution in [0.1, 0.15) is 12.8 Å². The van der Waals surface area contributed by atoms with Gasteiger partial charge >= 0.3 is 7.12 Å². The van der Waals surface area contributed by atoms with Gasteiger partial charge in [-0.2, -0.15) is 4.98 Å². The molecule has 0 atom stereocenters. The minimum absolute atomic E-state index is 0.331. The Hall–Kier alpha value is -3.09. The summed E-state index contributed by atoms with van der Waals surface area (Å²) in [5, 5.41) is 25.6. The number of methoxy groups -OCH3 is 1. The molecule has 0 spiro atoms. The van der Waals surface area contributed by atoms with E-state index < -0.39 is 7.12 Å². The van der Waals surface area contributed by atoms with Crippen molar-refractivity contribution in [3.8, 4) is 5.75 Å². The number of nitrogens with one attached hydrogen (secondary N) is 2. The Morgan fingerprint density at radius 2 is 1.77 bits per heavy atom. The van der Waals surface area contributed by atoms with Crippen LogP contribution >= 0.6 is 11.6 Å². The normalized spacial score (nSPS) is 17.2. The average Bonchev–Trinajstić information content (AvgIpc) is 2.96. The van der Waals surface area contributed by atoms with Crippen molar-refractivity contribution in [1.82, 2.24) is 19.8 Å². The molecule has 5 rings (SSSR count). The Bertz CT molecular complexity index is 1270. The molecule has 12 heteroatoms. The second kappa shape index (κ2) is 12.4. The number of benzene rings is 2. The fourth-order valence-electron chi connectivity index (χ4n) is 5.21. The van der Waals surface area contributed by atoms with E-state index in [4.69, 9.17) is 16.3 Å². The van der Waals surface area contributed by atoms with E-state index in [1.807, 2.05) is 6.07 Å². The van der Waals surface area contributed by atoms with Gasteiger partial charge in [-0.3, -0.25) is 4.90 Å². The Morgan fingerprint density at radius 3 is 2.49 bits per heavy atom. The molecule has 0 amide bonds. The molecule has 3 heterocycles. The van der Waals surface area contributed by atoms with Crippen LogP contribution in [0.4, 0.5) is 28.8 Å². The van der Waals surface area contributed by atoms with Crippen LogP contribution in [0, 0.1) is 0 Å². The maximum absolute atomic E-state index is 9.45. The van der Waals surface area contributed by atoms with Gasteiger partial charge in [0.05, 0.1) is 19.0 Å². The Kier molecular flexibility index (Phi) is 8.74. The highest BCUT2D eigenvalue weighted by atomic mass is 35.5. The van der Waals surface area contributed by atoms with E-state index in [2.05, 4.69) is 54.5 Å². The third-order valence-electron chi connectivity index (χ3n) is 7.51. The van der Waals surface area contributed by atoms with Crippen molar-refractivity contribution in [3.05, 3.63) is 53.7 Å². The number of hydrogen-bond acceptors (Lipinski definition) is 10. The van der Waals surface area contributed by atoms with E-state index in [9.17, 15) is 10.0 Å². The molecule has 0 aliphatic carbocycles. The highest BCUT2D eigenvalue weighted by Gasteiger charge is 2.27. The van der Waals surface area contributed by atoms with Gasteiger partial charge in [-0.1, -0.05) is 23.7 Å². The Labute approximate surface area is 234 Å². The standard InChI is InChI=1S/C27H35BClN7O3/c1-34-12-14-36(15-13-34)21-8-10-35(11-9-21)22-6-7-24(25(17-22)39-2)32-27-30-18-23(29)26(33-27)31-20-5-3-4-19(16-20)28(37)38/h3-7,16-18,21,37-38H,8-15H2,1-2H3,(H2,30,31,32,33). The lowest BCUT2D eigenvalue weighted by atomic mass is 9.80. The summed E-state index contributed by atoms with van der Waals surface area (Å²) in [6.45, 7) is 6.69. The number of likely N-dealkylation sites (N-methyl/N-ethyl adjacent to an activating group) is 1. The molecule has 3 aromatic rings. The summed E-state index contributed by atoms with van der Waals surface area (Å²) in [4.78, 5) is 16.3. The number of ether oxygens (including phenoxy) is 1. The number of nitrogens with zero attached hydrogens (tertiary/aromatic N) is 5. The van der Waals surface area contributed by atoms with Crippen LogP contribution in [-0.2, 0) is 0 Å². The van der Waals surface area contributed by atoms with Gasteiger partial charge in [0, 0.05) is 62.8 Å². The summed E-state index contributed by atoms with van der Waals surface area (Å²) < 4.78 is 5.71. The number of piperidine rings is 1. The summed E-state index contributed by atoms with van der Waals surface area (Å²) in [5.41, 5.74) is 2.86. The molecule has 0 radical (unpaired) electrons. The van der Waals surface area contributed by atoms with E-state index in [0.29, 0.717) is 39.7 Å². The molecule has 39 heavy (non-hydrogen) atoms. The number of aromatic nitrogens is 2. The van der Waals surface area contributed by atoms with Crippen molar-refractivity contribution in [2.75, 3.05) is 69.0 Å². The molecule has 2 aromatic carbocycles. The van der Waals surface area contributed by atoms with Crippen LogP contribution in [0.15, 0.2) is 48.7 Å². The van der Waals surface area contributed by atoms with Crippen LogP contribution in [0.5, 0.6) is 5.75 Å². The first kappa shape index (κ1) is 27.5. The van der Waals surface area contributed by atoms with Crippen LogP contribution in [0.2, 0.25) is 5.02 Å². The van der Waals surface area contributed by atoms with Crippen LogP contribution < -0.4 is 25.7 Å². The summed E-state index contributed by atoms with van der Waals surface area (Å²) in [7, 11) is 2.29. The minimum Gasteiger partial charge on any atom is -0.494 e. The molecule has 2 fully saturated rings. The molecule has 1 aromatic heterocycles. The fraction of sp³-hybridized carbons (Fsp3) is 0.407. The van der Waals surface area contributed by atoms with E-state index in [0.717, 1.165) is 50.6 Å². The van der Waals surface area contributed by atoms with Gasteiger partial charge in [-0.25, -0.2) is 4.98 Å². The number of piperazine rings is 1. The van der Waals surface area contributed by atoms with Crippen molar-refractivity contribution < 1.29 is 14.8 Å². The van der Waals surface area contributed by atoms with E-state index in [1.165, 1.54) is 19.0 Å². The van der Waals surface area contributed by atoms with Crippen molar-refractivity contribution in [2.45, 2.75) is 18.9 Å². The fourth-order valence-corrected chi connectivity index (χ4v) is 5.34. The minimum atomic E-state index is -1.57. The van der Waals surface area contributed by atoms with Crippen LogP contribution in [0.3, 0.4) is 0 Å². The zero-order chi connectivity index (χ0) is 27.4. The SMILES string of the molecule is COc1cc(N2CCC(N3CCN(C)CC3)CC2)ccc1Nc1ncc(Cl)c(Nc2cccc(B(O)O)c2)n1. The summed E-state index contributed by atoms with van der Waals surface area (Å²) in [6.07, 6.45) is 3.84. The molecule has 0 saturated carbocycles. The smallest absolute Gasteiger partial charge is 0.488 e. The first-order valence-electron chi connectivity index (χ1n) is 13.3. The first-order chi connectivity index (χ1) is 18.9. The van der Waals surface area contributed by atoms with Crippen molar-refractivity contribution in [3.63, 3.8) is 0 Å². The van der Waals surface area contributed by atoms with Crippen molar-refractivity contribution in [2.24, 2.45) is 0 Å². The highest BCUT2D eigenvalue weighted by molar-refractivity contribution is 6.58. The molecular formula is C27H35BClN7O3. The molecule has 0 bridgehead atoms. The predicted molar refractivity (Wildman–Crippen MR) is 157 cm³/mol. The Balaban J connectivity index is 1.24. The van der Waals surface area contributed by atoms with E-state index in [1.54, 1.807) is 31.4 Å². The molecular weight excluding hydrogens is 517 g/mol. The molecule has 2 aliphatic heterocycles. The van der Waals surface area contributed by atoms with Crippen LogP contribution in [-0.4, -0.2) is 96.4 Å². The lowest BCUT2D eigenvalue weighted by molar-refractivity contribution is 0.0982. The van der Waals surface area contributed by atoms with E-state index >= 15 is 0 Å². The third-order valence-corrected chi connectivity index (χ3v) is 7.78. The quantitative estimate of drug-likeness (QED) is 0.312. The molecule has 0 unspecified atom stereocenters. The lowest BCUT2D eigenvalue weighted by Crippen LogP contribution is -2.52. The molecule has 206 valence electrons. The maximum Gasteiger partial charge on any atom is 0.488 e. The monoisotopic (exact) mass is 551 g/mol. The lowest BCUT2D eigenvalue weighted by Gasteiger charge is -2.42. The Morgan fingerprint density at radius 1 is 1.00 bits per heavy atom. The summed E-state index contributed by atoms with van der Waals surface area (Å²) >= 11 is 6.33. The van der Waals surface area contributed by atoms with Gasteiger partial charge in [-0.05, 0) is 49.6 Å². The zero-order valence-corrected chi connectivity index (χ0v) is 23.1. The highest BCUT2D eigenvalue weighted by Crippen LogP contribution is 2.34. The maximum atomic E-state index is 9.45. The van der Waals surface area contributed by atoms with Crippen LogP contribution in [0.25, 0.3) is 0 Å². The topological polar surface area (TPSA) is 109 Å². The molecule has 4 N–H and O–H groups in total. The van der Waals surface area contributed by atoms with E-state index in [-0.39, 0.29) is 0 Å². The zero-order valence-electron chi connectivity index (χ0n) is 22.3.